The van der Waals surface area contributed by atoms with Crippen LogP contribution in [0.25, 0.3) is 0 Å². The second-order valence-electron chi connectivity index (χ2n) is 2.64. The number of rotatable bonds is 5. The molecular formula is C7H14O6. The molecule has 0 aliphatic carbocycles. The predicted octanol–water partition coefficient (Wildman–Crippen LogP) is -2.99. The third-order valence-electron chi connectivity index (χ3n) is 1.58. The zero-order chi connectivity index (χ0) is 11.3. The molecule has 5 N–H and O–H groups in total. The summed E-state index contributed by atoms with van der Waals surface area (Å²) >= 11 is 0. The molecule has 0 aromatic rings. The average molecular weight is 195 g/mol. The molecule has 0 saturated heterocycles. The van der Waals surface area contributed by atoms with Crippen molar-refractivity contribution in [2.75, 3.05) is 6.61 Å². The third-order valence-corrected chi connectivity index (χ3v) is 1.58. The zero-order valence-electron chi connectivity index (χ0n) is 7.87. The van der Waals surface area contributed by atoms with Crippen molar-refractivity contribution >= 4 is 5.78 Å². The monoisotopic (exact) mass is 195 g/mol. The first-order chi connectivity index (χ1) is 6.45. The molecule has 6 nitrogen and oxygen atoms in total. The van der Waals surface area contributed by atoms with E-state index in [2.05, 4.69) is 0 Å². The summed E-state index contributed by atoms with van der Waals surface area (Å²) in [6.07, 6.45) is -7.30. The van der Waals surface area contributed by atoms with Crippen molar-refractivity contribution < 1.29 is 31.7 Å². The van der Waals surface area contributed by atoms with Gasteiger partial charge in [-0.25, -0.2) is 0 Å². The Morgan fingerprint density at radius 2 is 1.85 bits per heavy atom. The fourth-order valence-electron chi connectivity index (χ4n) is 0.713. The van der Waals surface area contributed by atoms with Crippen LogP contribution in [0, 0.1) is 0 Å². The van der Waals surface area contributed by atoms with Gasteiger partial charge in [0.1, 0.15) is 24.4 Å². The van der Waals surface area contributed by atoms with Gasteiger partial charge in [-0.15, -0.1) is 0 Å². The summed E-state index contributed by atoms with van der Waals surface area (Å²) in [5, 5.41) is 44.5. The summed E-state index contributed by atoms with van der Waals surface area (Å²) in [5.74, 6) is -0.971. The second kappa shape index (κ2) is 5.25. The Kier molecular flexibility index (Phi) is 4.26. The van der Waals surface area contributed by atoms with Crippen molar-refractivity contribution in [1.29, 1.82) is 0 Å². The normalized spacial score (nSPS) is 21.5. The number of carbonyl (C=O) groups is 1. The van der Waals surface area contributed by atoms with E-state index in [0.29, 0.717) is 0 Å². The molecule has 13 heavy (non-hydrogen) atoms. The maximum absolute atomic E-state index is 10.7. The first-order valence-electron chi connectivity index (χ1n) is 4.31. The summed E-state index contributed by atoms with van der Waals surface area (Å²) in [5.41, 5.74) is 0. The van der Waals surface area contributed by atoms with E-state index >= 15 is 0 Å². The lowest BCUT2D eigenvalue weighted by molar-refractivity contribution is -0.145. The molecule has 0 aliphatic heterocycles. The highest BCUT2D eigenvalue weighted by atomic mass is 16.4. The first kappa shape index (κ1) is 10.6. The van der Waals surface area contributed by atoms with Crippen molar-refractivity contribution in [3.63, 3.8) is 0 Å². The predicted molar refractivity (Wildman–Crippen MR) is 41.8 cm³/mol. The van der Waals surface area contributed by atoms with Crippen molar-refractivity contribution in [2.24, 2.45) is 0 Å². The number of carbonyl (C=O) groups excluding carboxylic acids is 1. The summed E-state index contributed by atoms with van der Waals surface area (Å²) in [6.45, 7) is -1.54. The van der Waals surface area contributed by atoms with E-state index in [1.165, 1.54) is 0 Å². The molecule has 0 saturated carbocycles. The fourth-order valence-corrected chi connectivity index (χ4v) is 0.713. The van der Waals surface area contributed by atoms with Crippen LogP contribution in [0.3, 0.4) is 0 Å². The number of Topliss-reactive ketones (excluding diaryl/α,β-unsaturated/α-hetero) is 1. The Balaban J connectivity index is 4.30. The van der Waals surface area contributed by atoms with Gasteiger partial charge < -0.3 is 25.5 Å². The largest absolute Gasteiger partial charge is 0.394 e. The highest BCUT2D eigenvalue weighted by molar-refractivity contribution is 5.80. The number of hydrogen-bond acceptors (Lipinski definition) is 6. The lowest BCUT2D eigenvalue weighted by Gasteiger charge is -2.23. The first-order valence-corrected chi connectivity index (χ1v) is 3.60. The Labute approximate surface area is 76.5 Å². The molecule has 0 fully saturated rings. The summed E-state index contributed by atoms with van der Waals surface area (Å²) in [4.78, 5) is 10.7. The van der Waals surface area contributed by atoms with Crippen LogP contribution in [0.5, 0.6) is 0 Å². The number of ketones is 1. The smallest absolute Gasteiger partial charge is 0.160 e. The molecule has 0 bridgehead atoms. The van der Waals surface area contributed by atoms with Gasteiger partial charge in [0.15, 0.2) is 5.78 Å². The van der Waals surface area contributed by atoms with Crippen molar-refractivity contribution in [3.05, 3.63) is 0 Å². The fraction of sp³-hybridized carbons (Fsp3) is 0.857. The summed E-state index contributed by atoms with van der Waals surface area (Å²) in [6, 6.07) is 0. The standard InChI is InChI=1S/C7H14O6/c1-3(9)5(11)7(13)6(12)4(10)2-8/h4-8,10-13H,2H2,1H3/t4-,5+,6+,7-/m1/s1/i1D. The lowest BCUT2D eigenvalue weighted by Crippen LogP contribution is -2.48. The molecule has 0 rings (SSSR count). The van der Waals surface area contributed by atoms with E-state index in [-0.39, 0.29) is 0 Å². The van der Waals surface area contributed by atoms with Gasteiger partial charge in [0.05, 0.1) is 6.61 Å². The van der Waals surface area contributed by atoms with E-state index in [0.717, 1.165) is 0 Å². The minimum atomic E-state index is -1.93. The molecule has 78 valence electrons. The Bertz CT molecular complexity index is 187. The van der Waals surface area contributed by atoms with Gasteiger partial charge in [0.25, 0.3) is 0 Å². The van der Waals surface area contributed by atoms with E-state index in [4.69, 9.17) is 26.9 Å². The molecular weight excluding hydrogens is 180 g/mol. The molecule has 0 spiro atoms. The quantitative estimate of drug-likeness (QED) is 0.319. The summed E-state index contributed by atoms with van der Waals surface area (Å²) in [7, 11) is 0. The van der Waals surface area contributed by atoms with Gasteiger partial charge in [-0.2, -0.15) is 0 Å². The maximum Gasteiger partial charge on any atom is 0.160 e. The molecule has 0 amide bonds. The summed E-state index contributed by atoms with van der Waals surface area (Å²) < 4.78 is 6.61. The number of aliphatic hydroxyl groups excluding tert-OH is 5. The van der Waals surface area contributed by atoms with Crippen LogP contribution >= 0.6 is 0 Å². The van der Waals surface area contributed by atoms with Crippen LogP contribution in [0.1, 0.15) is 8.27 Å². The van der Waals surface area contributed by atoms with Gasteiger partial charge in [-0.3, -0.25) is 4.79 Å². The molecule has 0 heterocycles. The number of aliphatic hydroxyl groups is 5. The van der Waals surface area contributed by atoms with Crippen LogP contribution in [0.4, 0.5) is 0 Å². The molecule has 0 unspecified atom stereocenters. The van der Waals surface area contributed by atoms with E-state index in [9.17, 15) is 4.79 Å². The molecule has 6 heteroatoms. The molecule has 0 aromatic carbocycles. The molecule has 0 aromatic heterocycles. The lowest BCUT2D eigenvalue weighted by atomic mass is 10.0. The average Bonchev–Trinajstić information content (AvgIpc) is 2.23. The number of hydrogen-bond donors (Lipinski definition) is 5. The zero-order valence-corrected chi connectivity index (χ0v) is 6.87. The second-order valence-corrected chi connectivity index (χ2v) is 2.64. The maximum atomic E-state index is 10.7. The minimum absolute atomic E-state index is 0.736. The molecule has 4 atom stereocenters. The van der Waals surface area contributed by atoms with Crippen LogP contribution in [0.2, 0.25) is 0 Å². The highest BCUT2D eigenvalue weighted by Gasteiger charge is 2.32. The van der Waals surface area contributed by atoms with Crippen LogP contribution in [-0.2, 0) is 4.79 Å². The van der Waals surface area contributed by atoms with E-state index in [1.807, 2.05) is 0 Å². The molecule has 0 aliphatic rings. The van der Waals surface area contributed by atoms with Crippen LogP contribution in [-0.4, -0.2) is 62.3 Å². The van der Waals surface area contributed by atoms with Crippen LogP contribution in [0.15, 0.2) is 0 Å². The van der Waals surface area contributed by atoms with Crippen LogP contribution < -0.4 is 0 Å². The van der Waals surface area contributed by atoms with E-state index < -0.39 is 43.7 Å². The molecule has 0 radical (unpaired) electrons. The van der Waals surface area contributed by atoms with Crippen molar-refractivity contribution in [2.45, 2.75) is 31.3 Å². The van der Waals surface area contributed by atoms with Gasteiger partial charge in [-0.1, -0.05) is 0 Å². The van der Waals surface area contributed by atoms with Gasteiger partial charge >= 0.3 is 0 Å². The Morgan fingerprint density at radius 3 is 2.23 bits per heavy atom. The van der Waals surface area contributed by atoms with Crippen molar-refractivity contribution in [1.82, 2.24) is 0 Å². The third kappa shape index (κ3) is 3.37. The van der Waals surface area contributed by atoms with Crippen molar-refractivity contribution in [3.8, 4) is 0 Å². The SMILES string of the molecule is [2H]CC(=O)[C@H](O)[C@@H](O)[C@@H](O)[C@H](O)CO. The minimum Gasteiger partial charge on any atom is -0.394 e. The van der Waals surface area contributed by atoms with E-state index in [1.54, 1.807) is 0 Å². The van der Waals surface area contributed by atoms with Gasteiger partial charge in [0, 0.05) is 1.37 Å². The van der Waals surface area contributed by atoms with Gasteiger partial charge in [-0.05, 0) is 6.90 Å². The topological polar surface area (TPSA) is 118 Å². The Hall–Kier alpha value is -0.530. The van der Waals surface area contributed by atoms with Gasteiger partial charge in [0.2, 0.25) is 0 Å². The Morgan fingerprint density at radius 1 is 1.31 bits per heavy atom. The highest BCUT2D eigenvalue weighted by Crippen LogP contribution is 2.05.